The standard InChI is InChI=1S/C20H18O5S/c1-23-15-6-10-19(11-7-15)26(21,22)20-12-8-16(9-13-20)25-18-5-3-4-17(14-18)24-2/h3-14H,1-2H3. The van der Waals surface area contributed by atoms with E-state index in [9.17, 15) is 8.42 Å². The molecule has 3 aromatic rings. The van der Waals surface area contributed by atoms with Crippen molar-refractivity contribution in [1.29, 1.82) is 0 Å². The van der Waals surface area contributed by atoms with Crippen molar-refractivity contribution in [2.75, 3.05) is 14.2 Å². The summed E-state index contributed by atoms with van der Waals surface area (Å²) in [4.78, 5) is 0.403. The molecule has 0 unspecified atom stereocenters. The van der Waals surface area contributed by atoms with Gasteiger partial charge in [0, 0.05) is 6.07 Å². The monoisotopic (exact) mass is 370 g/mol. The largest absolute Gasteiger partial charge is 0.497 e. The number of methoxy groups -OCH3 is 2. The van der Waals surface area contributed by atoms with E-state index in [-0.39, 0.29) is 9.79 Å². The number of hydrogen-bond acceptors (Lipinski definition) is 5. The summed E-state index contributed by atoms with van der Waals surface area (Å²) < 4.78 is 41.3. The van der Waals surface area contributed by atoms with E-state index in [0.29, 0.717) is 23.0 Å². The molecule has 0 saturated heterocycles. The maximum absolute atomic E-state index is 12.7. The average molecular weight is 370 g/mol. The summed E-state index contributed by atoms with van der Waals surface area (Å²) in [6.45, 7) is 0. The third-order valence-corrected chi connectivity index (χ3v) is 5.57. The summed E-state index contributed by atoms with van der Waals surface area (Å²) in [5.41, 5.74) is 0. The zero-order valence-corrected chi connectivity index (χ0v) is 15.2. The Hall–Kier alpha value is -2.99. The molecule has 0 N–H and O–H groups in total. The lowest BCUT2D eigenvalue weighted by molar-refractivity contribution is 0.409. The number of rotatable bonds is 6. The van der Waals surface area contributed by atoms with E-state index in [2.05, 4.69) is 0 Å². The fraction of sp³-hybridized carbons (Fsp3) is 0.100. The van der Waals surface area contributed by atoms with Gasteiger partial charge in [-0.2, -0.15) is 0 Å². The Labute approximate surface area is 152 Å². The predicted octanol–water partition coefficient (Wildman–Crippen LogP) is 4.33. The first-order valence-corrected chi connectivity index (χ1v) is 9.32. The molecule has 0 atom stereocenters. The van der Waals surface area contributed by atoms with E-state index in [1.807, 2.05) is 12.1 Å². The van der Waals surface area contributed by atoms with Crippen LogP contribution in [0.1, 0.15) is 0 Å². The third-order valence-electron chi connectivity index (χ3n) is 3.78. The minimum Gasteiger partial charge on any atom is -0.497 e. The molecule has 0 amide bonds. The van der Waals surface area contributed by atoms with Gasteiger partial charge in [0.15, 0.2) is 0 Å². The van der Waals surface area contributed by atoms with E-state index in [0.717, 1.165) is 0 Å². The highest BCUT2D eigenvalue weighted by atomic mass is 32.2. The van der Waals surface area contributed by atoms with E-state index in [1.165, 1.54) is 31.4 Å². The first-order valence-electron chi connectivity index (χ1n) is 7.84. The van der Waals surface area contributed by atoms with Crippen molar-refractivity contribution in [3.05, 3.63) is 72.8 Å². The molecular formula is C20H18O5S. The molecule has 0 aliphatic heterocycles. The maximum atomic E-state index is 12.7. The minimum absolute atomic E-state index is 0.195. The first-order chi connectivity index (χ1) is 12.5. The second-order valence-electron chi connectivity index (χ2n) is 5.43. The van der Waals surface area contributed by atoms with Gasteiger partial charge in [0.05, 0.1) is 24.0 Å². The Bertz CT molecular complexity index is 977. The summed E-state index contributed by atoms with van der Waals surface area (Å²) in [5.74, 6) is 2.43. The molecule has 0 bridgehead atoms. The molecule has 3 aromatic carbocycles. The molecule has 0 aromatic heterocycles. The van der Waals surface area contributed by atoms with Crippen molar-refractivity contribution in [2.45, 2.75) is 9.79 Å². The summed E-state index contributed by atoms with van der Waals surface area (Å²) >= 11 is 0. The Balaban J connectivity index is 1.81. The Morgan fingerprint density at radius 2 is 1.12 bits per heavy atom. The second kappa shape index (κ2) is 7.49. The van der Waals surface area contributed by atoms with E-state index < -0.39 is 9.84 Å². The topological polar surface area (TPSA) is 61.8 Å². The average Bonchev–Trinajstić information content (AvgIpc) is 2.68. The molecule has 5 nitrogen and oxygen atoms in total. The molecule has 0 aliphatic carbocycles. The summed E-state index contributed by atoms with van der Waals surface area (Å²) in [6, 6.07) is 19.8. The van der Waals surface area contributed by atoms with Crippen LogP contribution < -0.4 is 14.2 Å². The van der Waals surface area contributed by atoms with Gasteiger partial charge in [0.2, 0.25) is 9.84 Å². The smallest absolute Gasteiger partial charge is 0.206 e. The Morgan fingerprint density at radius 3 is 1.65 bits per heavy atom. The molecule has 0 heterocycles. The van der Waals surface area contributed by atoms with Crippen LogP contribution in [0, 0.1) is 0 Å². The van der Waals surface area contributed by atoms with Crippen LogP contribution in [0.3, 0.4) is 0 Å². The molecule has 6 heteroatoms. The number of ether oxygens (including phenoxy) is 3. The highest BCUT2D eigenvalue weighted by Gasteiger charge is 2.17. The SMILES string of the molecule is COc1ccc(S(=O)(=O)c2ccc(Oc3cccc(OC)c3)cc2)cc1. The van der Waals surface area contributed by atoms with Crippen molar-refractivity contribution >= 4 is 9.84 Å². The summed E-state index contributed by atoms with van der Waals surface area (Å²) in [5, 5.41) is 0. The van der Waals surface area contributed by atoms with Gasteiger partial charge in [-0.3, -0.25) is 0 Å². The summed E-state index contributed by atoms with van der Waals surface area (Å²) in [6.07, 6.45) is 0. The Morgan fingerprint density at radius 1 is 0.615 bits per heavy atom. The van der Waals surface area contributed by atoms with Crippen LogP contribution in [0.4, 0.5) is 0 Å². The van der Waals surface area contributed by atoms with Gasteiger partial charge in [0.25, 0.3) is 0 Å². The van der Waals surface area contributed by atoms with Crippen LogP contribution in [-0.2, 0) is 9.84 Å². The predicted molar refractivity (Wildman–Crippen MR) is 98.0 cm³/mol. The molecule has 3 rings (SSSR count). The van der Waals surface area contributed by atoms with Crippen molar-refractivity contribution in [3.8, 4) is 23.0 Å². The second-order valence-corrected chi connectivity index (χ2v) is 7.38. The van der Waals surface area contributed by atoms with E-state index in [1.54, 1.807) is 43.5 Å². The van der Waals surface area contributed by atoms with Crippen molar-refractivity contribution in [3.63, 3.8) is 0 Å². The van der Waals surface area contributed by atoms with Crippen LogP contribution in [0.2, 0.25) is 0 Å². The van der Waals surface area contributed by atoms with Crippen molar-refractivity contribution in [2.24, 2.45) is 0 Å². The first kappa shape index (κ1) is 17.8. The minimum atomic E-state index is -3.60. The number of hydrogen-bond donors (Lipinski definition) is 0. The molecule has 26 heavy (non-hydrogen) atoms. The van der Waals surface area contributed by atoms with Gasteiger partial charge in [-0.1, -0.05) is 6.07 Å². The van der Waals surface area contributed by atoms with Crippen LogP contribution in [-0.4, -0.2) is 22.6 Å². The zero-order valence-electron chi connectivity index (χ0n) is 14.4. The highest BCUT2D eigenvalue weighted by molar-refractivity contribution is 7.91. The molecule has 0 spiro atoms. The third kappa shape index (κ3) is 3.81. The van der Waals surface area contributed by atoms with Crippen LogP contribution in [0.15, 0.2) is 82.6 Å². The van der Waals surface area contributed by atoms with Gasteiger partial charge in [-0.25, -0.2) is 8.42 Å². The van der Waals surface area contributed by atoms with Crippen LogP contribution in [0.25, 0.3) is 0 Å². The quantitative estimate of drug-likeness (QED) is 0.646. The fourth-order valence-corrected chi connectivity index (χ4v) is 3.64. The van der Waals surface area contributed by atoms with Gasteiger partial charge in [0.1, 0.15) is 23.0 Å². The number of benzene rings is 3. The lowest BCUT2D eigenvalue weighted by atomic mass is 10.3. The number of sulfone groups is 1. The zero-order chi connectivity index (χ0) is 18.6. The lowest BCUT2D eigenvalue weighted by Gasteiger charge is -2.09. The normalized spacial score (nSPS) is 11.0. The highest BCUT2D eigenvalue weighted by Crippen LogP contribution is 2.28. The van der Waals surface area contributed by atoms with Crippen molar-refractivity contribution < 1.29 is 22.6 Å². The molecular weight excluding hydrogens is 352 g/mol. The van der Waals surface area contributed by atoms with Crippen LogP contribution in [0.5, 0.6) is 23.0 Å². The van der Waals surface area contributed by atoms with Crippen molar-refractivity contribution in [1.82, 2.24) is 0 Å². The molecule has 0 saturated carbocycles. The van der Waals surface area contributed by atoms with Crippen LogP contribution >= 0.6 is 0 Å². The fourth-order valence-electron chi connectivity index (χ4n) is 2.38. The molecule has 0 aliphatic rings. The molecule has 0 fully saturated rings. The van der Waals surface area contributed by atoms with Gasteiger partial charge in [-0.05, 0) is 60.7 Å². The van der Waals surface area contributed by atoms with E-state index >= 15 is 0 Å². The molecule has 134 valence electrons. The molecule has 0 radical (unpaired) electrons. The lowest BCUT2D eigenvalue weighted by Crippen LogP contribution is -2.01. The summed E-state index contributed by atoms with van der Waals surface area (Å²) in [7, 11) is -0.482. The van der Waals surface area contributed by atoms with Gasteiger partial charge < -0.3 is 14.2 Å². The maximum Gasteiger partial charge on any atom is 0.206 e. The van der Waals surface area contributed by atoms with Gasteiger partial charge in [-0.15, -0.1) is 0 Å². The van der Waals surface area contributed by atoms with Gasteiger partial charge >= 0.3 is 0 Å². The van der Waals surface area contributed by atoms with E-state index in [4.69, 9.17) is 14.2 Å². The Kier molecular flexibility index (Phi) is 5.14.